The Kier molecular flexibility index (Phi) is 21.7. The molecule has 0 aromatic heterocycles. The predicted molar refractivity (Wildman–Crippen MR) is 203 cm³/mol. The molecule has 3 aromatic carbocycles. The predicted octanol–water partition coefficient (Wildman–Crippen LogP) is 10.3. The van der Waals surface area contributed by atoms with Crippen LogP contribution >= 0.6 is 27.5 Å². The molecule has 3 rings (SSSR count). The number of hydrogen-bond donors (Lipinski definition) is 4. The number of halogens is 5. The van der Waals surface area contributed by atoms with Crippen molar-refractivity contribution in [1.29, 1.82) is 0 Å². The highest BCUT2D eigenvalue weighted by molar-refractivity contribution is 9.10. The van der Waals surface area contributed by atoms with E-state index in [-0.39, 0.29) is 19.3 Å². The van der Waals surface area contributed by atoms with Gasteiger partial charge in [0.2, 0.25) is 0 Å². The average molecular weight is 830 g/mol. The van der Waals surface area contributed by atoms with E-state index in [2.05, 4.69) is 80.6 Å². The van der Waals surface area contributed by atoms with Gasteiger partial charge in [0, 0.05) is 32.1 Å². The number of unbranched alkanes of at least 4 members (excludes halogenated alkanes) is 2. The van der Waals surface area contributed by atoms with Crippen LogP contribution in [-0.4, -0.2) is 54.3 Å². The quantitative estimate of drug-likeness (QED) is 0.0650. The van der Waals surface area contributed by atoms with Crippen LogP contribution in [0.4, 0.5) is 13.2 Å². The van der Waals surface area contributed by atoms with E-state index in [0.717, 1.165) is 57.8 Å². The van der Waals surface area contributed by atoms with Crippen molar-refractivity contribution in [2.45, 2.75) is 114 Å². The highest BCUT2D eigenvalue weighted by Crippen LogP contribution is 2.44. The zero-order chi connectivity index (χ0) is 40.0. The second-order valence-electron chi connectivity index (χ2n) is 12.8. The van der Waals surface area contributed by atoms with E-state index in [9.17, 15) is 32.3 Å². The molecule has 0 radical (unpaired) electrons. The number of carboxylic acid groups (broad SMARTS) is 4. The zero-order valence-corrected chi connectivity index (χ0v) is 32.4. The third-order valence-electron chi connectivity index (χ3n) is 8.07. The number of carboxylic acids is 4. The molecule has 0 spiro atoms. The first-order valence-corrected chi connectivity index (χ1v) is 18.5. The summed E-state index contributed by atoms with van der Waals surface area (Å²) < 4.78 is 37.0. The molecule has 0 aliphatic carbocycles. The summed E-state index contributed by atoms with van der Waals surface area (Å²) in [6.45, 7) is 4.14. The highest BCUT2D eigenvalue weighted by atomic mass is 79.9. The number of hydrogen-bond acceptors (Lipinski definition) is 4. The van der Waals surface area contributed by atoms with Crippen molar-refractivity contribution in [2.24, 2.45) is 0 Å². The second-order valence-corrected chi connectivity index (χ2v) is 14.4. The Balaban J connectivity index is 0.000000452. The summed E-state index contributed by atoms with van der Waals surface area (Å²) in [6.07, 6.45) is 6.60. The molecule has 292 valence electrons. The maximum absolute atomic E-state index is 12.7. The number of benzene rings is 3. The third-order valence-corrected chi connectivity index (χ3v) is 9.35. The van der Waals surface area contributed by atoms with Crippen LogP contribution in [0, 0.1) is 13.8 Å². The van der Waals surface area contributed by atoms with Crippen molar-refractivity contribution in [3.63, 3.8) is 0 Å². The van der Waals surface area contributed by atoms with Gasteiger partial charge in [-0.1, -0.05) is 83.9 Å². The summed E-state index contributed by atoms with van der Waals surface area (Å²) in [4.78, 5) is 37.3. The maximum atomic E-state index is 12.7. The topological polar surface area (TPSA) is 149 Å². The van der Waals surface area contributed by atoms with Crippen molar-refractivity contribution in [3.8, 4) is 0 Å². The molecule has 0 aliphatic rings. The Morgan fingerprint density at radius 2 is 0.981 bits per heavy atom. The first kappa shape index (κ1) is 47.1. The van der Waals surface area contributed by atoms with Gasteiger partial charge < -0.3 is 20.4 Å². The summed E-state index contributed by atoms with van der Waals surface area (Å²) in [6, 6.07) is 23.4. The van der Waals surface area contributed by atoms with Crippen molar-refractivity contribution in [3.05, 3.63) is 106 Å². The Labute approximate surface area is 322 Å². The van der Waals surface area contributed by atoms with Gasteiger partial charge in [-0.2, -0.15) is 8.78 Å². The average Bonchev–Trinajstić information content (AvgIpc) is 3.06. The normalized spacial score (nSPS) is 12.0. The Morgan fingerprint density at radius 3 is 1.36 bits per heavy atom. The Morgan fingerprint density at radius 1 is 0.585 bits per heavy atom. The fourth-order valence-electron chi connectivity index (χ4n) is 5.06. The first-order valence-electron chi connectivity index (χ1n) is 17.3. The van der Waals surface area contributed by atoms with Crippen molar-refractivity contribution in [2.75, 3.05) is 0 Å². The van der Waals surface area contributed by atoms with Crippen LogP contribution in [0.25, 0.3) is 0 Å². The maximum Gasteiger partial charge on any atom is 0.348 e. The molecule has 1 atom stereocenters. The van der Waals surface area contributed by atoms with Gasteiger partial charge >= 0.3 is 28.7 Å². The third kappa shape index (κ3) is 22.0. The molecular weight excluding hydrogens is 781 g/mol. The summed E-state index contributed by atoms with van der Waals surface area (Å²) in [5, 5.41) is 30.5. The molecule has 1 unspecified atom stereocenters. The second kappa shape index (κ2) is 24.4. The summed E-state index contributed by atoms with van der Waals surface area (Å²) >= 11 is 6.45. The molecule has 3 aromatic rings. The lowest BCUT2D eigenvalue weighted by Gasteiger charge is -2.21. The number of carbonyl (C=O) groups is 4. The lowest BCUT2D eigenvalue weighted by molar-refractivity contribution is -0.139. The molecule has 0 saturated heterocycles. The monoisotopic (exact) mass is 828 g/mol. The van der Waals surface area contributed by atoms with Gasteiger partial charge in [-0.25, -0.2) is 4.39 Å². The zero-order valence-electron chi connectivity index (χ0n) is 30.1. The molecule has 0 aliphatic heterocycles. The van der Waals surface area contributed by atoms with E-state index < -0.39 is 46.7 Å². The van der Waals surface area contributed by atoms with E-state index in [1.54, 1.807) is 15.9 Å². The summed E-state index contributed by atoms with van der Waals surface area (Å²) in [5.74, 6) is -3.54. The van der Waals surface area contributed by atoms with Gasteiger partial charge in [0.1, 0.15) is 0 Å². The smallest absolute Gasteiger partial charge is 0.348 e. The van der Waals surface area contributed by atoms with Crippen molar-refractivity contribution >= 4 is 51.4 Å². The molecule has 0 heterocycles. The molecule has 4 N–H and O–H groups in total. The minimum atomic E-state index is -3.92. The summed E-state index contributed by atoms with van der Waals surface area (Å²) in [5.41, 5.74) is 8.80. The van der Waals surface area contributed by atoms with E-state index >= 15 is 0 Å². The molecule has 0 amide bonds. The number of aliphatic carboxylic acids is 4. The van der Waals surface area contributed by atoms with Crippen LogP contribution in [-0.2, 0) is 44.9 Å². The molecule has 0 fully saturated rings. The molecule has 53 heavy (non-hydrogen) atoms. The first-order chi connectivity index (χ1) is 24.8. The van der Waals surface area contributed by atoms with E-state index in [1.165, 1.54) is 38.9 Å². The van der Waals surface area contributed by atoms with Crippen LogP contribution in [0.3, 0.4) is 0 Å². The Hall–Kier alpha value is -3.90. The molecule has 0 bridgehead atoms. The van der Waals surface area contributed by atoms with Crippen LogP contribution in [0.5, 0.6) is 0 Å². The summed E-state index contributed by atoms with van der Waals surface area (Å²) in [7, 11) is 0. The number of alkyl halides is 5. The minimum absolute atomic E-state index is 0.244. The standard InChI is InChI=1S/C23H28O4.C12H16O2.C5H5BrClF3O2/c24-22(25)7-3-1-5-18-9-13-20(14-10-18)17-21-15-11-19(12-16-21)6-2-4-8-23(26)27;1-9-6-7-11(10(2)8-9)4-3-5-12(13)14;6-5(9,10)4(7,8)2-1-3(11)12/h9-16H,1-8,17H2,(H,24,25)(H,26,27);6-8H,3-5H2,1-2H3,(H,13,14);1-2H2,(H,11,12). The fraction of sp³-hybridized carbons (Fsp3) is 0.450. The minimum Gasteiger partial charge on any atom is -0.481 e. The van der Waals surface area contributed by atoms with E-state index in [4.69, 9.17) is 32.0 Å². The van der Waals surface area contributed by atoms with Gasteiger partial charge in [-0.05, 0) is 121 Å². The van der Waals surface area contributed by atoms with Crippen LogP contribution in [0.1, 0.15) is 103 Å². The SMILES string of the molecule is Cc1ccc(CCCC(=O)O)c(C)c1.O=C(O)CCC(F)(Cl)C(F)(F)Br.O=C(O)CCCCc1ccc(Cc2ccc(CCCCC(=O)O)cc2)cc1. The number of rotatable bonds is 20. The number of aryl methyl sites for hydroxylation is 5. The molecular formula is C40H49BrClF3O8. The van der Waals surface area contributed by atoms with Gasteiger partial charge in [-0.15, -0.1) is 0 Å². The van der Waals surface area contributed by atoms with Gasteiger partial charge in [0.25, 0.3) is 5.13 Å². The highest BCUT2D eigenvalue weighted by Gasteiger charge is 2.51. The lowest BCUT2D eigenvalue weighted by Crippen LogP contribution is -2.34. The van der Waals surface area contributed by atoms with Crippen molar-refractivity contribution < 1.29 is 52.8 Å². The van der Waals surface area contributed by atoms with Crippen LogP contribution < -0.4 is 0 Å². The van der Waals surface area contributed by atoms with E-state index in [0.29, 0.717) is 0 Å². The van der Waals surface area contributed by atoms with Crippen molar-refractivity contribution in [1.82, 2.24) is 0 Å². The van der Waals surface area contributed by atoms with Gasteiger partial charge in [0.15, 0.2) is 0 Å². The van der Waals surface area contributed by atoms with Gasteiger partial charge in [0.05, 0.1) is 0 Å². The molecule has 0 saturated carbocycles. The largest absolute Gasteiger partial charge is 0.481 e. The molecule has 8 nitrogen and oxygen atoms in total. The van der Waals surface area contributed by atoms with E-state index in [1.807, 2.05) is 0 Å². The Bertz CT molecular complexity index is 1510. The fourth-order valence-corrected chi connectivity index (χ4v) is 5.35. The van der Waals surface area contributed by atoms with Crippen LogP contribution in [0.15, 0.2) is 66.7 Å². The lowest BCUT2D eigenvalue weighted by atomic mass is 9.99. The van der Waals surface area contributed by atoms with Gasteiger partial charge in [-0.3, -0.25) is 19.2 Å². The molecule has 13 heteroatoms. The van der Waals surface area contributed by atoms with Crippen LogP contribution in [0.2, 0.25) is 0 Å².